The minimum absolute atomic E-state index is 0. The van der Waals surface area contributed by atoms with E-state index in [0.717, 1.165) is 17.1 Å². The van der Waals surface area contributed by atoms with Crippen molar-refractivity contribution in [2.45, 2.75) is 6.54 Å². The molecule has 0 atom stereocenters. The number of nitrogens with one attached hydrogen (secondary N) is 2. The van der Waals surface area contributed by atoms with Crippen molar-refractivity contribution >= 4 is 35.8 Å². The molecule has 0 heterocycles. The molecule has 1 aromatic carbocycles. The lowest BCUT2D eigenvalue weighted by atomic mass is 10.2. The lowest BCUT2D eigenvalue weighted by Gasteiger charge is -2.23. The predicted octanol–water partition coefficient (Wildman–Crippen LogP) is 1.09. The fraction of sp³-hybridized carbons (Fsp3) is 0.529. The van der Waals surface area contributed by atoms with Crippen LogP contribution in [0.1, 0.15) is 5.56 Å². The maximum atomic E-state index is 11.8. The zero-order chi connectivity index (χ0) is 18.7. The summed E-state index contributed by atoms with van der Waals surface area (Å²) in [6.07, 6.45) is 0. The largest absolute Gasteiger partial charge is 0.497 e. The van der Waals surface area contributed by atoms with E-state index in [1.807, 2.05) is 30.1 Å². The van der Waals surface area contributed by atoms with Crippen molar-refractivity contribution in [3.8, 4) is 11.5 Å². The molecule has 0 aliphatic heterocycles. The summed E-state index contributed by atoms with van der Waals surface area (Å²) >= 11 is 0. The number of hydrogen-bond acceptors (Lipinski definition) is 5. The van der Waals surface area contributed by atoms with Crippen LogP contribution in [0.2, 0.25) is 0 Å². The van der Waals surface area contributed by atoms with E-state index >= 15 is 0 Å². The Balaban J connectivity index is 0.00000625. The van der Waals surface area contributed by atoms with E-state index < -0.39 is 0 Å². The third-order valence-electron chi connectivity index (χ3n) is 3.51. The number of carbonyl (C=O) groups is 1. The average molecular weight is 480 g/mol. The van der Waals surface area contributed by atoms with Crippen LogP contribution < -0.4 is 20.1 Å². The monoisotopic (exact) mass is 480 g/mol. The van der Waals surface area contributed by atoms with E-state index in [1.165, 1.54) is 0 Å². The Hall–Kier alpha value is -1.75. The lowest BCUT2D eigenvalue weighted by Crippen LogP contribution is -2.44. The first kappa shape index (κ1) is 24.2. The second-order valence-electron chi connectivity index (χ2n) is 5.28. The van der Waals surface area contributed by atoms with Gasteiger partial charge in [-0.1, -0.05) is 0 Å². The van der Waals surface area contributed by atoms with Gasteiger partial charge in [0, 0.05) is 45.9 Å². The van der Waals surface area contributed by atoms with Crippen LogP contribution in [0.25, 0.3) is 0 Å². The van der Waals surface area contributed by atoms with Crippen molar-refractivity contribution in [2.75, 3.05) is 55.1 Å². The highest BCUT2D eigenvalue weighted by Gasteiger charge is 2.12. The Morgan fingerprint density at radius 3 is 2.50 bits per heavy atom. The van der Waals surface area contributed by atoms with Crippen molar-refractivity contribution < 1.29 is 19.0 Å². The molecule has 1 aromatic rings. The van der Waals surface area contributed by atoms with Crippen molar-refractivity contribution in [1.29, 1.82) is 0 Å². The average Bonchev–Trinajstić information content (AvgIpc) is 2.62. The van der Waals surface area contributed by atoms with Gasteiger partial charge in [0.2, 0.25) is 5.91 Å². The van der Waals surface area contributed by atoms with Crippen LogP contribution in [0.4, 0.5) is 0 Å². The van der Waals surface area contributed by atoms with Gasteiger partial charge in [-0.25, -0.2) is 0 Å². The topological polar surface area (TPSA) is 84.4 Å². The minimum atomic E-state index is -0.117. The Labute approximate surface area is 172 Å². The first-order chi connectivity index (χ1) is 12.0. The summed E-state index contributed by atoms with van der Waals surface area (Å²) in [5.74, 6) is 1.96. The molecule has 0 saturated carbocycles. The van der Waals surface area contributed by atoms with Gasteiger partial charge >= 0.3 is 0 Å². The maximum absolute atomic E-state index is 11.8. The van der Waals surface area contributed by atoms with Crippen LogP contribution in [0.3, 0.4) is 0 Å². The number of halogens is 1. The first-order valence-electron chi connectivity index (χ1n) is 7.94. The zero-order valence-corrected chi connectivity index (χ0v) is 18.3. The number of nitrogens with zero attached hydrogens (tertiary/aromatic N) is 2. The number of carbonyl (C=O) groups excluding carboxylic acids is 1. The summed E-state index contributed by atoms with van der Waals surface area (Å²) in [5.41, 5.74) is 0.985. The van der Waals surface area contributed by atoms with Crippen LogP contribution in [-0.4, -0.2) is 71.9 Å². The second-order valence-corrected chi connectivity index (χ2v) is 5.28. The minimum Gasteiger partial charge on any atom is -0.497 e. The molecule has 148 valence electrons. The standard InChI is InChI=1S/C17H28N4O4.HI/c1-18-17(20-11-16(22)19-8-9-23-3)21(2)12-13-6-7-14(24-4)10-15(13)25-5;/h6-7,10H,8-9,11-12H2,1-5H3,(H,18,20)(H,19,22);1H. The number of benzene rings is 1. The molecule has 0 saturated heterocycles. The molecule has 0 bridgehead atoms. The molecular weight excluding hydrogens is 451 g/mol. The van der Waals surface area contributed by atoms with Gasteiger partial charge < -0.3 is 29.7 Å². The summed E-state index contributed by atoms with van der Waals surface area (Å²) < 4.78 is 15.5. The van der Waals surface area contributed by atoms with Gasteiger partial charge in [0.05, 0.1) is 27.4 Å². The van der Waals surface area contributed by atoms with Gasteiger partial charge in [-0.15, -0.1) is 24.0 Å². The second kappa shape index (κ2) is 13.5. The van der Waals surface area contributed by atoms with Crippen LogP contribution in [0.15, 0.2) is 23.2 Å². The molecule has 1 amide bonds. The number of aliphatic imine (C=N–C) groups is 1. The Bertz CT molecular complexity index is 584. The van der Waals surface area contributed by atoms with Gasteiger partial charge in [-0.2, -0.15) is 0 Å². The number of hydrogen-bond donors (Lipinski definition) is 2. The molecule has 26 heavy (non-hydrogen) atoms. The summed E-state index contributed by atoms with van der Waals surface area (Å²) in [5, 5.41) is 5.78. The van der Waals surface area contributed by atoms with E-state index in [-0.39, 0.29) is 36.4 Å². The molecule has 0 spiro atoms. The van der Waals surface area contributed by atoms with E-state index in [4.69, 9.17) is 14.2 Å². The highest BCUT2D eigenvalue weighted by molar-refractivity contribution is 14.0. The van der Waals surface area contributed by atoms with Crippen LogP contribution in [-0.2, 0) is 16.1 Å². The molecule has 1 rings (SSSR count). The molecule has 8 nitrogen and oxygen atoms in total. The van der Waals surface area contributed by atoms with E-state index in [0.29, 0.717) is 25.7 Å². The number of guanidine groups is 1. The summed E-state index contributed by atoms with van der Waals surface area (Å²) in [6, 6.07) is 5.66. The molecule has 0 aliphatic rings. The van der Waals surface area contributed by atoms with Crippen LogP contribution in [0, 0.1) is 0 Å². The van der Waals surface area contributed by atoms with Gasteiger partial charge in [0.25, 0.3) is 0 Å². The smallest absolute Gasteiger partial charge is 0.239 e. The molecule has 0 radical (unpaired) electrons. The molecule has 9 heteroatoms. The Morgan fingerprint density at radius 1 is 1.19 bits per heavy atom. The fourth-order valence-electron chi connectivity index (χ4n) is 2.21. The quantitative estimate of drug-likeness (QED) is 0.238. The third-order valence-corrected chi connectivity index (χ3v) is 3.51. The summed E-state index contributed by atoms with van der Waals surface area (Å²) in [4.78, 5) is 17.9. The van der Waals surface area contributed by atoms with Crippen molar-refractivity contribution in [3.05, 3.63) is 23.8 Å². The molecule has 0 aliphatic carbocycles. The van der Waals surface area contributed by atoms with Gasteiger partial charge in [-0.05, 0) is 12.1 Å². The zero-order valence-electron chi connectivity index (χ0n) is 16.0. The number of ether oxygens (including phenoxy) is 3. The van der Waals surface area contributed by atoms with Crippen molar-refractivity contribution in [1.82, 2.24) is 15.5 Å². The number of amides is 1. The highest BCUT2D eigenvalue weighted by atomic mass is 127. The SMILES string of the molecule is CN=C(NCC(=O)NCCOC)N(C)Cc1ccc(OC)cc1OC.I. The fourth-order valence-corrected chi connectivity index (χ4v) is 2.21. The predicted molar refractivity (Wildman–Crippen MR) is 113 cm³/mol. The third kappa shape index (κ3) is 8.09. The normalized spacial score (nSPS) is 10.6. The molecule has 0 fully saturated rings. The van der Waals surface area contributed by atoms with Crippen molar-refractivity contribution in [3.63, 3.8) is 0 Å². The van der Waals surface area contributed by atoms with Gasteiger partial charge in [0.1, 0.15) is 11.5 Å². The molecule has 0 aromatic heterocycles. The van der Waals surface area contributed by atoms with E-state index in [2.05, 4.69) is 15.6 Å². The van der Waals surface area contributed by atoms with Crippen molar-refractivity contribution in [2.24, 2.45) is 4.99 Å². The molecule has 2 N–H and O–H groups in total. The Morgan fingerprint density at radius 2 is 1.92 bits per heavy atom. The molecular formula is C17H29IN4O4. The van der Waals surface area contributed by atoms with E-state index in [9.17, 15) is 4.79 Å². The van der Waals surface area contributed by atoms with Crippen LogP contribution >= 0.6 is 24.0 Å². The Kier molecular flexibility index (Phi) is 12.5. The summed E-state index contributed by atoms with van der Waals surface area (Å²) in [6.45, 7) is 1.67. The summed E-state index contributed by atoms with van der Waals surface area (Å²) in [7, 11) is 8.39. The van der Waals surface area contributed by atoms with E-state index in [1.54, 1.807) is 28.4 Å². The number of rotatable bonds is 9. The van der Waals surface area contributed by atoms with Gasteiger partial charge in [-0.3, -0.25) is 9.79 Å². The number of methoxy groups -OCH3 is 3. The lowest BCUT2D eigenvalue weighted by molar-refractivity contribution is -0.120. The maximum Gasteiger partial charge on any atom is 0.239 e. The van der Waals surface area contributed by atoms with Gasteiger partial charge in [0.15, 0.2) is 5.96 Å². The highest BCUT2D eigenvalue weighted by Crippen LogP contribution is 2.25. The molecule has 0 unspecified atom stereocenters. The first-order valence-corrected chi connectivity index (χ1v) is 7.94. The van der Waals surface area contributed by atoms with Crippen LogP contribution in [0.5, 0.6) is 11.5 Å².